The minimum Gasteiger partial charge on any atom is -0.466 e. The van der Waals surface area contributed by atoms with E-state index in [1.54, 1.807) is 6.20 Å². The fourth-order valence-electron chi connectivity index (χ4n) is 3.48. The lowest BCUT2D eigenvalue weighted by molar-refractivity contribution is -0.143. The summed E-state index contributed by atoms with van der Waals surface area (Å²) < 4.78 is 12.9. The number of para-hydroxylation sites is 2. The summed E-state index contributed by atoms with van der Waals surface area (Å²) >= 11 is 0. The van der Waals surface area contributed by atoms with Gasteiger partial charge in [0.15, 0.2) is 5.58 Å². The molecule has 0 aliphatic rings. The number of benzene rings is 1. The molecule has 4 aromatic rings. The maximum Gasteiger partial charge on any atom is 0.305 e. The minimum atomic E-state index is -0.181. The van der Waals surface area contributed by atoms with E-state index in [9.17, 15) is 4.79 Å². The number of esters is 1. The number of nitrogens with one attached hydrogen (secondary N) is 1. The van der Waals surface area contributed by atoms with Gasteiger partial charge < -0.3 is 14.5 Å². The molecule has 0 fully saturated rings. The number of nitrogens with zero attached hydrogens (tertiary/aromatic N) is 4. The summed E-state index contributed by atoms with van der Waals surface area (Å²) in [6, 6.07) is 9.72. The highest BCUT2D eigenvalue weighted by Gasteiger charge is 2.19. The van der Waals surface area contributed by atoms with Crippen LogP contribution in [-0.4, -0.2) is 37.9 Å². The predicted octanol–water partition coefficient (Wildman–Crippen LogP) is 5.31. The second-order valence-corrected chi connectivity index (χ2v) is 8.88. The smallest absolute Gasteiger partial charge is 0.305 e. The third-order valence-corrected chi connectivity index (χ3v) is 4.95. The summed E-state index contributed by atoms with van der Waals surface area (Å²) in [5.74, 6) is 1.04. The number of aryl methyl sites for hydroxylation is 1. The Labute approximate surface area is 193 Å². The highest BCUT2D eigenvalue weighted by atomic mass is 16.5. The standard InChI is InChI=1S/C25H29N5O3/c1-5-32-22(31)11-8-12-30-16-18(15-27-30)17-13-19(23(26-14-17)29-25(2,3)4)24-28-20-9-6-7-10-21(20)33-24/h6-7,9-10,13-16H,5,8,11-12H2,1-4H3,(H,26,29). The van der Waals surface area contributed by atoms with Crippen molar-refractivity contribution in [2.45, 2.75) is 52.6 Å². The molecule has 8 nitrogen and oxygen atoms in total. The van der Waals surface area contributed by atoms with Crippen LogP contribution in [0.2, 0.25) is 0 Å². The molecule has 0 spiro atoms. The molecule has 4 rings (SSSR count). The van der Waals surface area contributed by atoms with Crippen molar-refractivity contribution >= 4 is 22.9 Å². The average molecular weight is 448 g/mol. The fraction of sp³-hybridized carbons (Fsp3) is 0.360. The van der Waals surface area contributed by atoms with Gasteiger partial charge in [-0.05, 0) is 52.3 Å². The van der Waals surface area contributed by atoms with Gasteiger partial charge in [-0.15, -0.1) is 0 Å². The molecule has 1 aromatic carbocycles. The number of oxazole rings is 1. The lowest BCUT2D eigenvalue weighted by Crippen LogP contribution is -2.27. The number of fused-ring (bicyclic) bond motifs is 1. The van der Waals surface area contributed by atoms with Gasteiger partial charge in [-0.2, -0.15) is 5.10 Å². The van der Waals surface area contributed by atoms with E-state index in [1.807, 2.05) is 54.3 Å². The number of hydrogen-bond acceptors (Lipinski definition) is 7. The molecule has 0 amide bonds. The molecule has 0 aliphatic carbocycles. The zero-order valence-electron chi connectivity index (χ0n) is 19.5. The maximum atomic E-state index is 11.5. The number of carbonyl (C=O) groups excluding carboxylic acids is 1. The maximum absolute atomic E-state index is 11.5. The lowest BCUT2D eigenvalue weighted by atomic mass is 10.1. The first-order valence-corrected chi connectivity index (χ1v) is 11.1. The van der Waals surface area contributed by atoms with Crippen LogP contribution in [0.1, 0.15) is 40.5 Å². The largest absolute Gasteiger partial charge is 0.466 e. The first-order valence-electron chi connectivity index (χ1n) is 11.1. The van der Waals surface area contributed by atoms with Crippen LogP contribution in [0.5, 0.6) is 0 Å². The normalized spacial score (nSPS) is 11.6. The van der Waals surface area contributed by atoms with Gasteiger partial charge in [0.1, 0.15) is 11.3 Å². The van der Waals surface area contributed by atoms with Crippen LogP contribution in [0.25, 0.3) is 33.7 Å². The first-order chi connectivity index (χ1) is 15.8. The van der Waals surface area contributed by atoms with Crippen molar-refractivity contribution in [1.82, 2.24) is 19.7 Å². The molecule has 8 heteroatoms. The quantitative estimate of drug-likeness (QED) is 0.366. The van der Waals surface area contributed by atoms with Crippen LogP contribution < -0.4 is 5.32 Å². The zero-order chi connectivity index (χ0) is 23.4. The molecule has 3 aromatic heterocycles. The number of carbonyl (C=O) groups is 1. The SMILES string of the molecule is CCOC(=O)CCCn1cc(-c2cnc(NC(C)(C)C)c(-c3nc4ccccc4o3)c2)cn1. The van der Waals surface area contributed by atoms with Crippen LogP contribution in [0.3, 0.4) is 0 Å². The van der Waals surface area contributed by atoms with E-state index >= 15 is 0 Å². The van der Waals surface area contributed by atoms with Crippen molar-refractivity contribution in [3.8, 4) is 22.6 Å². The van der Waals surface area contributed by atoms with Crippen molar-refractivity contribution in [3.63, 3.8) is 0 Å². The summed E-state index contributed by atoms with van der Waals surface area (Å²) in [7, 11) is 0. The van der Waals surface area contributed by atoms with Gasteiger partial charge in [0.25, 0.3) is 0 Å². The second kappa shape index (κ2) is 9.44. The molecule has 172 valence electrons. The van der Waals surface area contributed by atoms with Gasteiger partial charge in [0.05, 0.1) is 18.4 Å². The fourth-order valence-corrected chi connectivity index (χ4v) is 3.48. The highest BCUT2D eigenvalue weighted by Crippen LogP contribution is 2.33. The van der Waals surface area contributed by atoms with Crippen molar-refractivity contribution in [2.75, 3.05) is 11.9 Å². The van der Waals surface area contributed by atoms with E-state index < -0.39 is 0 Å². The Balaban J connectivity index is 1.61. The van der Waals surface area contributed by atoms with Crippen LogP contribution in [0.15, 0.2) is 53.3 Å². The molecule has 1 N–H and O–H groups in total. The van der Waals surface area contributed by atoms with Gasteiger partial charge in [0.2, 0.25) is 5.89 Å². The monoisotopic (exact) mass is 447 g/mol. The Morgan fingerprint density at radius 2 is 2.00 bits per heavy atom. The highest BCUT2D eigenvalue weighted by molar-refractivity contribution is 5.81. The van der Waals surface area contributed by atoms with Crippen LogP contribution in [0.4, 0.5) is 5.82 Å². The topological polar surface area (TPSA) is 95.1 Å². The van der Waals surface area contributed by atoms with Crippen molar-refractivity contribution in [1.29, 1.82) is 0 Å². The Bertz CT molecular complexity index is 1220. The van der Waals surface area contributed by atoms with Gasteiger partial charge >= 0.3 is 5.97 Å². The summed E-state index contributed by atoms with van der Waals surface area (Å²) in [5, 5.41) is 7.89. The van der Waals surface area contributed by atoms with E-state index in [-0.39, 0.29) is 11.5 Å². The van der Waals surface area contributed by atoms with Crippen LogP contribution >= 0.6 is 0 Å². The summed E-state index contributed by atoms with van der Waals surface area (Å²) in [6.07, 6.45) is 6.61. The number of aromatic nitrogens is 4. The predicted molar refractivity (Wildman–Crippen MR) is 128 cm³/mol. The van der Waals surface area contributed by atoms with Crippen LogP contribution in [-0.2, 0) is 16.1 Å². The summed E-state index contributed by atoms with van der Waals surface area (Å²) in [6.45, 7) is 9.09. The molecule has 0 aliphatic heterocycles. The molecular formula is C25H29N5O3. The third-order valence-electron chi connectivity index (χ3n) is 4.95. The van der Waals surface area contributed by atoms with Crippen molar-refractivity contribution < 1.29 is 13.9 Å². The zero-order valence-corrected chi connectivity index (χ0v) is 19.5. The van der Waals surface area contributed by atoms with Crippen molar-refractivity contribution in [2.24, 2.45) is 0 Å². The van der Waals surface area contributed by atoms with Gasteiger partial charge in [-0.25, -0.2) is 9.97 Å². The molecule has 0 radical (unpaired) electrons. The number of pyridine rings is 1. The van der Waals surface area contributed by atoms with Gasteiger partial charge in [-0.3, -0.25) is 9.48 Å². The Morgan fingerprint density at radius 3 is 2.76 bits per heavy atom. The molecule has 33 heavy (non-hydrogen) atoms. The third kappa shape index (κ3) is 5.58. The Morgan fingerprint density at radius 1 is 1.18 bits per heavy atom. The Kier molecular flexibility index (Phi) is 6.44. The molecule has 0 saturated carbocycles. The number of rotatable bonds is 8. The average Bonchev–Trinajstić information content (AvgIpc) is 3.40. The minimum absolute atomic E-state index is 0.181. The van der Waals surface area contributed by atoms with Gasteiger partial charge in [0, 0.05) is 42.0 Å². The van der Waals surface area contributed by atoms with E-state index in [4.69, 9.17) is 14.1 Å². The summed E-state index contributed by atoms with van der Waals surface area (Å²) in [5.41, 5.74) is 3.97. The first kappa shape index (κ1) is 22.5. The van der Waals surface area contributed by atoms with Gasteiger partial charge in [-0.1, -0.05) is 12.1 Å². The molecule has 3 heterocycles. The van der Waals surface area contributed by atoms with E-state index in [0.29, 0.717) is 37.7 Å². The molecule has 0 unspecified atom stereocenters. The van der Waals surface area contributed by atoms with E-state index in [2.05, 4.69) is 36.2 Å². The molecular weight excluding hydrogens is 418 g/mol. The molecule has 0 saturated heterocycles. The molecule has 0 bridgehead atoms. The van der Waals surface area contributed by atoms with Crippen LogP contribution in [0, 0.1) is 0 Å². The van der Waals surface area contributed by atoms with E-state index in [0.717, 1.165) is 27.8 Å². The lowest BCUT2D eigenvalue weighted by Gasteiger charge is -2.22. The van der Waals surface area contributed by atoms with Crippen molar-refractivity contribution in [3.05, 3.63) is 48.9 Å². The number of anilines is 1. The van der Waals surface area contributed by atoms with E-state index in [1.165, 1.54) is 0 Å². The molecule has 0 atom stereocenters. The second-order valence-electron chi connectivity index (χ2n) is 8.88. The number of hydrogen-bond donors (Lipinski definition) is 1. The summed E-state index contributed by atoms with van der Waals surface area (Å²) in [4.78, 5) is 20.9. The Hall–Kier alpha value is -3.68. The number of ether oxygens (including phenoxy) is 1.